The Kier molecular flexibility index (Phi) is 23.8. The summed E-state index contributed by atoms with van der Waals surface area (Å²) in [5, 5.41) is 16.1. The Morgan fingerprint density at radius 3 is 1.47 bits per heavy atom. The van der Waals surface area contributed by atoms with Crippen LogP contribution < -0.4 is 49.5 Å². The first kappa shape index (κ1) is 63.7. The number of ether oxygens (including phenoxy) is 1. The van der Waals surface area contributed by atoms with E-state index in [0.29, 0.717) is 17.8 Å². The largest absolute Gasteiger partial charge is 0.459 e. The molecule has 2 heterocycles. The number of nitrogens with one attached hydrogen (secondary N) is 7. The molecule has 458 valence electrons. The van der Waals surface area contributed by atoms with Crippen LogP contribution in [0.4, 0.5) is 5.69 Å². The molecule has 8 aromatic rings. The van der Waals surface area contributed by atoms with Crippen LogP contribution in [0.5, 0.6) is 0 Å². The number of aromatic amines is 2. The van der Waals surface area contributed by atoms with Gasteiger partial charge in [-0.3, -0.25) is 38.9 Å². The summed E-state index contributed by atoms with van der Waals surface area (Å²) in [6, 6.07) is 47.4. The van der Waals surface area contributed by atoms with Gasteiger partial charge in [0.05, 0.1) is 0 Å². The van der Waals surface area contributed by atoms with E-state index in [0.717, 1.165) is 51.6 Å². The van der Waals surface area contributed by atoms with E-state index in [1.54, 1.807) is 12.4 Å². The van der Waals surface area contributed by atoms with Gasteiger partial charge >= 0.3 is 5.97 Å². The molecule has 0 aliphatic rings. The number of fused-ring (bicyclic) bond motifs is 2. The Morgan fingerprint density at radius 1 is 0.466 bits per heavy atom. The molecule has 0 spiro atoms. The monoisotopic (exact) mass is 1190 g/mol. The summed E-state index contributed by atoms with van der Waals surface area (Å²) in [4.78, 5) is 102. The van der Waals surface area contributed by atoms with E-state index < -0.39 is 53.8 Å². The summed E-state index contributed by atoms with van der Waals surface area (Å²) in [5.41, 5.74) is 30.3. The minimum Gasteiger partial charge on any atom is -0.459 e. The van der Waals surface area contributed by atoms with Crippen molar-refractivity contribution < 1.29 is 33.5 Å². The molecule has 88 heavy (non-hydrogen) atoms. The van der Waals surface area contributed by atoms with Crippen LogP contribution in [0.2, 0.25) is 0 Å². The highest BCUT2D eigenvalue weighted by Gasteiger charge is 2.33. The summed E-state index contributed by atoms with van der Waals surface area (Å²) in [6.45, 7) is 2.28. The SMILES string of the molecule is NC(N)=NCCC[C@H](NC(=O)CCCC(=O)Nc1cccc(CN(Cc2ccccc2)Cc2ccccc2)c1)C(=O)N[C@@H](Cc1c[nH]c2ccccc12)C(=O)N[C@@H](CCCN=C(N)N)C(=O)N[C@@H](Cc1c[nH]c2ccccc12)C(=O)OCc1ccccc1. The van der Waals surface area contributed by atoms with Crippen LogP contribution in [0.3, 0.4) is 0 Å². The van der Waals surface area contributed by atoms with Crippen LogP contribution in [-0.4, -0.2) is 99.5 Å². The highest BCUT2D eigenvalue weighted by atomic mass is 16.5. The number of carbonyl (C=O) groups is 6. The van der Waals surface area contributed by atoms with E-state index in [4.69, 9.17) is 27.7 Å². The number of aliphatic imine (C=N–C) groups is 2. The van der Waals surface area contributed by atoms with Gasteiger partial charge in [-0.2, -0.15) is 0 Å². The molecule has 0 bridgehead atoms. The van der Waals surface area contributed by atoms with Crippen molar-refractivity contribution >= 4 is 74.9 Å². The summed E-state index contributed by atoms with van der Waals surface area (Å²) >= 11 is 0. The molecule has 15 N–H and O–H groups in total. The third-order valence-corrected chi connectivity index (χ3v) is 14.8. The topological polar surface area (TPSA) is 335 Å². The fourth-order valence-corrected chi connectivity index (χ4v) is 10.4. The average molecular weight is 1190 g/mol. The van der Waals surface area contributed by atoms with Crippen molar-refractivity contribution in [3.63, 3.8) is 0 Å². The van der Waals surface area contributed by atoms with Gasteiger partial charge in [0, 0.05) is 98.3 Å². The van der Waals surface area contributed by atoms with Crippen molar-refractivity contribution in [1.29, 1.82) is 0 Å². The number of aromatic nitrogens is 2. The Hall–Kier alpha value is -10.3. The summed E-state index contributed by atoms with van der Waals surface area (Å²) < 4.78 is 5.79. The van der Waals surface area contributed by atoms with E-state index in [-0.39, 0.29) is 95.3 Å². The summed E-state index contributed by atoms with van der Waals surface area (Å²) in [6.07, 6.45) is 4.14. The number of para-hydroxylation sites is 2. The predicted octanol–water partition coefficient (Wildman–Crippen LogP) is 6.24. The minimum absolute atomic E-state index is 0.0119. The van der Waals surface area contributed by atoms with E-state index in [1.807, 2.05) is 140 Å². The van der Waals surface area contributed by atoms with Crippen LogP contribution in [0, 0.1) is 0 Å². The van der Waals surface area contributed by atoms with Gasteiger partial charge in [0.1, 0.15) is 30.8 Å². The van der Waals surface area contributed by atoms with Crippen LogP contribution >= 0.6 is 0 Å². The quantitative estimate of drug-likeness (QED) is 0.00943. The first-order valence-corrected chi connectivity index (χ1v) is 29.5. The number of amides is 5. The number of anilines is 1. The maximum Gasteiger partial charge on any atom is 0.329 e. The van der Waals surface area contributed by atoms with Gasteiger partial charge in [0.25, 0.3) is 0 Å². The Balaban J connectivity index is 0.955. The van der Waals surface area contributed by atoms with Crippen molar-refractivity contribution in [3.05, 3.63) is 210 Å². The molecule has 0 saturated heterocycles. The van der Waals surface area contributed by atoms with Gasteiger partial charge in [0.2, 0.25) is 29.5 Å². The number of guanidine groups is 2. The first-order chi connectivity index (χ1) is 42.7. The van der Waals surface area contributed by atoms with Crippen LogP contribution in [0.15, 0.2) is 186 Å². The van der Waals surface area contributed by atoms with Gasteiger partial charge in [-0.1, -0.05) is 140 Å². The zero-order valence-electron chi connectivity index (χ0n) is 49.2. The number of carbonyl (C=O) groups excluding carboxylic acids is 6. The van der Waals surface area contributed by atoms with Gasteiger partial charge < -0.3 is 64.2 Å². The fourth-order valence-electron chi connectivity index (χ4n) is 10.4. The van der Waals surface area contributed by atoms with Crippen molar-refractivity contribution in [2.45, 2.75) is 108 Å². The van der Waals surface area contributed by atoms with Crippen molar-refractivity contribution in [2.75, 3.05) is 18.4 Å². The van der Waals surface area contributed by atoms with E-state index >= 15 is 0 Å². The molecule has 0 unspecified atom stereocenters. The number of nitrogens with two attached hydrogens (primary N) is 4. The maximum absolute atomic E-state index is 14.9. The highest BCUT2D eigenvalue weighted by molar-refractivity contribution is 5.96. The lowest BCUT2D eigenvalue weighted by atomic mass is 10.0. The molecule has 0 fully saturated rings. The number of nitrogens with zero attached hydrogens (tertiary/aromatic N) is 3. The standard InChI is InChI=1S/C67H78N14O7/c68-66(69)72-34-16-30-56(77-61(83)33-15-32-60(82)76-51-25-14-24-48(36-51)43-81(41-45-18-4-1-5-19-45)42-46-20-6-2-7-21-46)62(84)79-58(37-49-39-74-54-28-12-10-26-52(49)54)64(86)78-57(31-17-35-73-67(70)71)63(85)80-59(65(87)88-44-47-22-8-3-9-23-47)38-50-40-75-55-29-13-11-27-53(50)55/h1-14,18-29,36,39-40,56-59,74-75H,15-17,30-35,37-38,41-44H2,(H,76,82)(H,77,83)(H,78,86)(H,79,84)(H,80,85)(H4,68,69,72)(H4,70,71,73)/t56-,57-,58-,59-/m0/s1. The van der Waals surface area contributed by atoms with E-state index in [1.165, 1.54) is 11.1 Å². The third kappa shape index (κ3) is 20.2. The molecular formula is C67H78N14O7. The molecule has 5 amide bonds. The number of hydrogen-bond donors (Lipinski definition) is 11. The lowest BCUT2D eigenvalue weighted by Crippen LogP contribution is -2.58. The molecule has 2 aromatic heterocycles. The number of esters is 1. The number of rotatable bonds is 33. The van der Waals surface area contributed by atoms with Crippen LogP contribution in [-0.2, 0) is 72.6 Å². The van der Waals surface area contributed by atoms with E-state index in [9.17, 15) is 28.8 Å². The lowest BCUT2D eigenvalue weighted by molar-refractivity contribution is -0.149. The second-order valence-corrected chi connectivity index (χ2v) is 21.6. The molecule has 21 nitrogen and oxygen atoms in total. The molecule has 0 aliphatic heterocycles. The smallest absolute Gasteiger partial charge is 0.329 e. The first-order valence-electron chi connectivity index (χ1n) is 29.5. The predicted molar refractivity (Wildman–Crippen MR) is 343 cm³/mol. The van der Waals surface area contributed by atoms with Crippen molar-refractivity contribution in [2.24, 2.45) is 32.9 Å². The molecule has 0 aliphatic carbocycles. The molecule has 21 heteroatoms. The Morgan fingerprint density at radius 2 is 0.909 bits per heavy atom. The maximum atomic E-state index is 14.9. The third-order valence-electron chi connectivity index (χ3n) is 14.8. The second-order valence-electron chi connectivity index (χ2n) is 21.6. The van der Waals surface area contributed by atoms with Crippen LogP contribution in [0.25, 0.3) is 21.8 Å². The molecule has 4 atom stereocenters. The zero-order chi connectivity index (χ0) is 62.0. The van der Waals surface area contributed by atoms with Crippen molar-refractivity contribution in [3.8, 4) is 0 Å². The molecule has 0 saturated carbocycles. The summed E-state index contributed by atoms with van der Waals surface area (Å²) in [5.74, 6) is -3.95. The van der Waals surface area contributed by atoms with Crippen LogP contribution in [0.1, 0.15) is 78.3 Å². The normalized spacial score (nSPS) is 12.5. The highest BCUT2D eigenvalue weighted by Crippen LogP contribution is 2.23. The number of benzene rings is 6. The lowest BCUT2D eigenvalue weighted by Gasteiger charge is -2.26. The van der Waals surface area contributed by atoms with E-state index in [2.05, 4.69) is 75.7 Å². The minimum atomic E-state index is -1.33. The number of hydrogen-bond acceptors (Lipinski definition) is 10. The molecular weight excluding hydrogens is 1110 g/mol. The summed E-state index contributed by atoms with van der Waals surface area (Å²) in [7, 11) is 0. The van der Waals surface area contributed by atoms with Gasteiger partial charge in [0.15, 0.2) is 11.9 Å². The average Bonchev–Trinajstić information content (AvgIpc) is 4.15. The van der Waals surface area contributed by atoms with Gasteiger partial charge in [-0.05, 0) is 89.8 Å². The Bertz CT molecular complexity index is 3600. The van der Waals surface area contributed by atoms with Crippen molar-refractivity contribution in [1.82, 2.24) is 36.1 Å². The van der Waals surface area contributed by atoms with Gasteiger partial charge in [-0.15, -0.1) is 0 Å². The molecule has 6 aromatic carbocycles. The fraction of sp³-hybridized carbons (Fsp3) is 0.284. The number of H-pyrrole nitrogens is 2. The molecule has 8 rings (SSSR count). The van der Waals surface area contributed by atoms with Gasteiger partial charge in [-0.25, -0.2) is 4.79 Å². The Labute approximate surface area is 511 Å². The zero-order valence-corrected chi connectivity index (χ0v) is 49.2. The molecule has 0 radical (unpaired) electrons. The second kappa shape index (κ2) is 32.8.